The van der Waals surface area contributed by atoms with Crippen LogP contribution in [0.2, 0.25) is 0 Å². The van der Waals surface area contributed by atoms with Gasteiger partial charge in [-0.1, -0.05) is 0 Å². The third-order valence-corrected chi connectivity index (χ3v) is 3.16. The molecule has 1 aliphatic heterocycles. The molecular weight excluding hydrogens is 260 g/mol. The monoisotopic (exact) mass is 286 g/mol. The third kappa shape index (κ3) is 6.10. The Morgan fingerprint density at radius 1 is 1.45 bits per heavy atom. The van der Waals surface area contributed by atoms with E-state index in [0.29, 0.717) is 38.8 Å². The van der Waals surface area contributed by atoms with Crippen LogP contribution in [0.4, 0.5) is 4.79 Å². The minimum atomic E-state index is -0.229. The number of nitrogens with two attached hydrogens (primary N) is 1. The Kier molecular flexibility index (Phi) is 7.79. The number of carbonyl (C=O) groups excluding carboxylic acids is 1. The van der Waals surface area contributed by atoms with Gasteiger partial charge in [0.1, 0.15) is 0 Å². The highest BCUT2D eigenvalue weighted by Gasteiger charge is 2.23. The van der Waals surface area contributed by atoms with Crippen LogP contribution < -0.4 is 11.1 Å². The average molecular weight is 286 g/mol. The maximum absolute atomic E-state index is 11.6. The van der Waals surface area contributed by atoms with Crippen LogP contribution in [0.3, 0.4) is 0 Å². The van der Waals surface area contributed by atoms with E-state index in [1.807, 2.05) is 6.92 Å². The van der Waals surface area contributed by atoms with Crippen molar-refractivity contribution in [3.05, 3.63) is 0 Å². The van der Waals surface area contributed by atoms with Gasteiger partial charge in [0.15, 0.2) is 5.96 Å². The van der Waals surface area contributed by atoms with E-state index in [4.69, 9.17) is 15.2 Å². The van der Waals surface area contributed by atoms with Gasteiger partial charge in [-0.15, -0.1) is 0 Å². The Bertz CT molecular complexity index is 315. The number of hydrogen-bond donors (Lipinski definition) is 2. The molecule has 1 aliphatic rings. The minimum Gasteiger partial charge on any atom is -0.450 e. The number of rotatable bonds is 6. The van der Waals surface area contributed by atoms with Crippen LogP contribution in [-0.2, 0) is 9.47 Å². The van der Waals surface area contributed by atoms with Gasteiger partial charge in [0, 0.05) is 39.4 Å². The number of likely N-dealkylation sites (tertiary alicyclic amines) is 1. The molecule has 0 saturated carbocycles. The smallest absolute Gasteiger partial charge is 0.409 e. The molecule has 0 bridgehead atoms. The molecule has 0 atom stereocenters. The number of nitrogens with one attached hydrogen (secondary N) is 1. The van der Waals surface area contributed by atoms with Gasteiger partial charge in [-0.05, 0) is 26.2 Å². The molecule has 116 valence electrons. The number of amides is 1. The minimum absolute atomic E-state index is 0.229. The summed E-state index contributed by atoms with van der Waals surface area (Å²) in [6, 6.07) is 0.270. The van der Waals surface area contributed by atoms with Crippen LogP contribution in [0.1, 0.15) is 26.2 Å². The van der Waals surface area contributed by atoms with Crippen LogP contribution in [-0.4, -0.2) is 63.0 Å². The number of guanidine groups is 1. The standard InChI is InChI=1S/C13H26N4O3/c1-3-20-13(18)17-8-5-11(6-9-17)16-12(14)15-7-4-10-19-2/h11H,3-10H2,1-2H3,(H3,14,15,16). The molecule has 0 aliphatic carbocycles. The summed E-state index contributed by atoms with van der Waals surface area (Å²) in [4.78, 5) is 17.5. The van der Waals surface area contributed by atoms with Gasteiger partial charge >= 0.3 is 6.09 Å². The zero-order valence-electron chi connectivity index (χ0n) is 12.4. The lowest BCUT2D eigenvalue weighted by atomic mass is 10.1. The van der Waals surface area contributed by atoms with Crippen LogP contribution in [0.15, 0.2) is 4.99 Å². The summed E-state index contributed by atoms with van der Waals surface area (Å²) in [5.74, 6) is 0.468. The van der Waals surface area contributed by atoms with E-state index in [-0.39, 0.29) is 12.1 Å². The second kappa shape index (κ2) is 9.41. The van der Waals surface area contributed by atoms with Crippen molar-refractivity contribution in [2.45, 2.75) is 32.2 Å². The molecule has 1 heterocycles. The van der Waals surface area contributed by atoms with Crippen molar-refractivity contribution < 1.29 is 14.3 Å². The van der Waals surface area contributed by atoms with E-state index in [9.17, 15) is 4.79 Å². The molecule has 1 amide bonds. The highest BCUT2D eigenvalue weighted by atomic mass is 16.6. The predicted molar refractivity (Wildman–Crippen MR) is 77.7 cm³/mol. The Labute approximate surface area is 120 Å². The van der Waals surface area contributed by atoms with Gasteiger partial charge in [-0.25, -0.2) is 4.79 Å². The van der Waals surface area contributed by atoms with Crippen molar-refractivity contribution in [2.75, 3.05) is 40.0 Å². The first kappa shape index (κ1) is 16.6. The summed E-state index contributed by atoms with van der Waals surface area (Å²) in [6.45, 7) is 4.95. The molecular formula is C13H26N4O3. The number of piperidine rings is 1. The van der Waals surface area contributed by atoms with Gasteiger partial charge in [-0.3, -0.25) is 4.99 Å². The van der Waals surface area contributed by atoms with Crippen molar-refractivity contribution in [1.29, 1.82) is 0 Å². The summed E-state index contributed by atoms with van der Waals surface area (Å²) >= 11 is 0. The van der Waals surface area contributed by atoms with Crippen LogP contribution in [0.25, 0.3) is 0 Å². The fourth-order valence-electron chi connectivity index (χ4n) is 2.08. The van der Waals surface area contributed by atoms with Crippen LogP contribution in [0, 0.1) is 0 Å². The molecule has 3 N–H and O–H groups in total. The van der Waals surface area contributed by atoms with Gasteiger partial charge < -0.3 is 25.4 Å². The first-order valence-electron chi connectivity index (χ1n) is 7.14. The van der Waals surface area contributed by atoms with Crippen molar-refractivity contribution in [3.63, 3.8) is 0 Å². The van der Waals surface area contributed by atoms with Crippen molar-refractivity contribution in [2.24, 2.45) is 10.7 Å². The maximum Gasteiger partial charge on any atom is 0.409 e. The molecule has 0 spiro atoms. The van der Waals surface area contributed by atoms with Gasteiger partial charge in [0.05, 0.1) is 6.61 Å². The van der Waals surface area contributed by atoms with E-state index in [2.05, 4.69) is 10.3 Å². The molecule has 1 fully saturated rings. The summed E-state index contributed by atoms with van der Waals surface area (Å²) < 4.78 is 9.93. The molecule has 1 rings (SSSR count). The summed E-state index contributed by atoms with van der Waals surface area (Å²) in [5, 5.41) is 3.20. The fourth-order valence-corrected chi connectivity index (χ4v) is 2.08. The zero-order valence-corrected chi connectivity index (χ0v) is 12.4. The number of nitrogens with zero attached hydrogens (tertiary/aromatic N) is 2. The highest BCUT2D eigenvalue weighted by molar-refractivity contribution is 5.78. The summed E-state index contributed by atoms with van der Waals surface area (Å²) in [6.07, 6.45) is 2.34. The highest BCUT2D eigenvalue weighted by Crippen LogP contribution is 2.11. The number of aliphatic imine (C=N–C) groups is 1. The number of hydrogen-bond acceptors (Lipinski definition) is 4. The van der Waals surface area contributed by atoms with Gasteiger partial charge in [-0.2, -0.15) is 0 Å². The lowest BCUT2D eigenvalue weighted by Crippen LogP contribution is -2.48. The van der Waals surface area contributed by atoms with E-state index < -0.39 is 0 Å². The predicted octanol–water partition coefficient (Wildman–Crippen LogP) is 0.548. The summed E-state index contributed by atoms with van der Waals surface area (Å²) in [5.41, 5.74) is 5.82. The molecule has 1 saturated heterocycles. The Morgan fingerprint density at radius 3 is 2.75 bits per heavy atom. The largest absolute Gasteiger partial charge is 0.450 e. The Morgan fingerprint density at radius 2 is 2.15 bits per heavy atom. The third-order valence-electron chi connectivity index (χ3n) is 3.16. The van der Waals surface area contributed by atoms with Crippen LogP contribution >= 0.6 is 0 Å². The molecule has 0 radical (unpaired) electrons. The molecule has 7 nitrogen and oxygen atoms in total. The van der Waals surface area contributed by atoms with Gasteiger partial charge in [0.25, 0.3) is 0 Å². The molecule has 0 aromatic rings. The number of ether oxygens (including phenoxy) is 2. The SMILES string of the molecule is CCOC(=O)N1CCC(NC(N)=NCCCOC)CC1. The molecule has 0 aromatic carbocycles. The topological polar surface area (TPSA) is 89.2 Å². The van der Waals surface area contributed by atoms with E-state index >= 15 is 0 Å². The number of carbonyl (C=O) groups is 1. The maximum atomic E-state index is 11.6. The van der Waals surface area contributed by atoms with Crippen LogP contribution in [0.5, 0.6) is 0 Å². The van der Waals surface area contributed by atoms with Gasteiger partial charge in [0.2, 0.25) is 0 Å². The number of methoxy groups -OCH3 is 1. The second-order valence-electron chi connectivity index (χ2n) is 4.72. The van der Waals surface area contributed by atoms with Crippen molar-refractivity contribution in [3.8, 4) is 0 Å². The zero-order chi connectivity index (χ0) is 14.8. The van der Waals surface area contributed by atoms with E-state index in [1.165, 1.54) is 0 Å². The van der Waals surface area contributed by atoms with E-state index in [1.54, 1.807) is 12.0 Å². The Hall–Kier alpha value is -1.50. The van der Waals surface area contributed by atoms with E-state index in [0.717, 1.165) is 19.3 Å². The first-order valence-corrected chi connectivity index (χ1v) is 7.14. The average Bonchev–Trinajstić information content (AvgIpc) is 2.45. The second-order valence-corrected chi connectivity index (χ2v) is 4.72. The lowest BCUT2D eigenvalue weighted by molar-refractivity contribution is 0.0963. The summed E-state index contributed by atoms with van der Waals surface area (Å²) in [7, 11) is 1.67. The lowest BCUT2D eigenvalue weighted by Gasteiger charge is -2.31. The fraction of sp³-hybridized carbons (Fsp3) is 0.846. The van der Waals surface area contributed by atoms with Crippen molar-refractivity contribution in [1.82, 2.24) is 10.2 Å². The quantitative estimate of drug-likeness (QED) is 0.423. The molecule has 0 aromatic heterocycles. The molecule has 20 heavy (non-hydrogen) atoms. The first-order chi connectivity index (χ1) is 9.67. The Balaban J connectivity index is 2.23. The van der Waals surface area contributed by atoms with Crippen molar-refractivity contribution >= 4 is 12.1 Å². The molecule has 0 unspecified atom stereocenters. The molecule has 7 heteroatoms. The normalized spacial score (nSPS) is 17.1.